The van der Waals surface area contributed by atoms with Gasteiger partial charge in [0.1, 0.15) is 11.4 Å². The minimum Gasteiger partial charge on any atom is -0.459 e. The fourth-order valence-electron chi connectivity index (χ4n) is 3.11. The zero-order valence-electron chi connectivity index (χ0n) is 20.8. The minimum atomic E-state index is -3.88. The van der Waals surface area contributed by atoms with Crippen LogP contribution in [0.1, 0.15) is 40.5 Å². The van der Waals surface area contributed by atoms with E-state index in [0.717, 1.165) is 0 Å². The first kappa shape index (κ1) is 27.8. The summed E-state index contributed by atoms with van der Waals surface area (Å²) >= 11 is 5.84. The molecule has 0 N–H and O–H groups in total. The maximum absolute atomic E-state index is 13.5. The normalized spacial score (nSPS) is 12.8. The lowest BCUT2D eigenvalue weighted by molar-refractivity contribution is -0.154. The van der Waals surface area contributed by atoms with E-state index in [2.05, 4.69) is 15.1 Å². The molecule has 1 atom stereocenters. The maximum Gasteiger partial charge on any atom is 0.345 e. The van der Waals surface area contributed by atoms with Crippen LogP contribution in [-0.4, -0.2) is 45.6 Å². The van der Waals surface area contributed by atoms with Crippen molar-refractivity contribution in [2.75, 3.05) is 13.2 Å². The number of hydrogen-bond donors (Lipinski definition) is 0. The molecule has 0 spiro atoms. The summed E-state index contributed by atoms with van der Waals surface area (Å²) in [4.78, 5) is 21.4. The molecular weight excluding hydrogens is 509 g/mol. The highest BCUT2D eigenvalue weighted by molar-refractivity contribution is 7.55. The Bertz CT molecular complexity index is 1180. The zero-order valence-corrected chi connectivity index (χ0v) is 22.4. The molecule has 1 unspecified atom stereocenters. The number of ether oxygens (including phenoxy) is 2. The average Bonchev–Trinajstić information content (AvgIpc) is 3.27. The third-order valence-electron chi connectivity index (χ3n) is 4.55. The molecule has 0 saturated carbocycles. The molecule has 10 nitrogen and oxygen atoms in total. The van der Waals surface area contributed by atoms with Crippen LogP contribution in [0.4, 0.5) is 0 Å². The second kappa shape index (κ2) is 12.0. The predicted octanol–water partition coefficient (Wildman–Crippen LogP) is 6.10. The van der Waals surface area contributed by atoms with Gasteiger partial charge in [-0.15, -0.1) is 0 Å². The van der Waals surface area contributed by atoms with Gasteiger partial charge in [0.15, 0.2) is 5.66 Å². The Balaban J connectivity index is 1.79. The Morgan fingerprint density at radius 3 is 2.31 bits per heavy atom. The molecule has 3 aromatic rings. The number of hydrogen-bond acceptors (Lipinski definition) is 10. The highest BCUT2D eigenvalue weighted by Crippen LogP contribution is 2.54. The van der Waals surface area contributed by atoms with Crippen LogP contribution < -0.4 is 4.74 Å². The van der Waals surface area contributed by atoms with Crippen molar-refractivity contribution in [3.05, 3.63) is 53.5 Å². The Morgan fingerprint density at radius 2 is 1.75 bits per heavy atom. The number of rotatable bonds is 11. The maximum atomic E-state index is 13.5. The molecule has 0 aliphatic carbocycles. The van der Waals surface area contributed by atoms with Crippen LogP contribution in [0.3, 0.4) is 0 Å². The van der Waals surface area contributed by atoms with Crippen molar-refractivity contribution in [1.29, 1.82) is 0 Å². The second-order valence-corrected chi connectivity index (χ2v) is 11.2. The molecule has 0 saturated heterocycles. The summed E-state index contributed by atoms with van der Waals surface area (Å²) in [5.41, 5.74) is -1.43. The number of esters is 1. The van der Waals surface area contributed by atoms with Gasteiger partial charge in [-0.3, -0.25) is 9.36 Å². The standard InChI is InChI=1S/C24H29ClN3O7P/c1-6-31-36(30,32-7-2)19(23(29)34-24(3,4)5)14-21-27-22(28-35-21)16-8-11-18(12-9-16)33-20-13-10-17(25)15-26-20/h8-13,15,19H,6-7,14H2,1-5H3. The first-order valence-electron chi connectivity index (χ1n) is 11.4. The predicted molar refractivity (Wildman–Crippen MR) is 133 cm³/mol. The molecule has 194 valence electrons. The molecule has 36 heavy (non-hydrogen) atoms. The van der Waals surface area contributed by atoms with Crippen molar-refractivity contribution in [3.8, 4) is 23.0 Å². The van der Waals surface area contributed by atoms with Gasteiger partial charge >= 0.3 is 13.6 Å². The van der Waals surface area contributed by atoms with Crippen LogP contribution in [0, 0.1) is 0 Å². The highest BCUT2D eigenvalue weighted by Gasteiger charge is 2.44. The SMILES string of the molecule is CCOP(=O)(OCC)C(Cc1nc(-c2ccc(Oc3ccc(Cl)cn3)cc2)no1)C(=O)OC(C)(C)C. The van der Waals surface area contributed by atoms with Crippen LogP contribution in [-0.2, 0) is 29.6 Å². The average molecular weight is 538 g/mol. The van der Waals surface area contributed by atoms with Gasteiger partial charge in [-0.2, -0.15) is 4.98 Å². The number of nitrogens with zero attached hydrogens (tertiary/aromatic N) is 3. The summed E-state index contributed by atoms with van der Waals surface area (Å²) in [6, 6.07) is 10.3. The van der Waals surface area contributed by atoms with Crippen molar-refractivity contribution in [3.63, 3.8) is 0 Å². The Hall–Kier alpha value is -2.78. The monoisotopic (exact) mass is 537 g/mol. The first-order valence-corrected chi connectivity index (χ1v) is 13.4. The van der Waals surface area contributed by atoms with Gasteiger partial charge in [-0.1, -0.05) is 16.8 Å². The molecule has 0 bridgehead atoms. The quantitative estimate of drug-likeness (QED) is 0.209. The summed E-state index contributed by atoms with van der Waals surface area (Å²) in [5.74, 6) is 0.592. The molecule has 3 rings (SSSR count). The zero-order chi connectivity index (χ0) is 26.3. The van der Waals surface area contributed by atoms with Crippen LogP contribution >= 0.6 is 19.2 Å². The van der Waals surface area contributed by atoms with Crippen LogP contribution in [0.25, 0.3) is 11.4 Å². The van der Waals surface area contributed by atoms with Gasteiger partial charge in [-0.25, -0.2) is 4.98 Å². The fraction of sp³-hybridized carbons (Fsp3) is 0.417. The van der Waals surface area contributed by atoms with Gasteiger partial charge in [0, 0.05) is 17.8 Å². The molecular formula is C24H29ClN3O7P. The van der Waals surface area contributed by atoms with E-state index < -0.39 is 24.8 Å². The number of benzene rings is 1. The van der Waals surface area contributed by atoms with Crippen LogP contribution in [0.5, 0.6) is 11.6 Å². The van der Waals surface area contributed by atoms with E-state index in [-0.39, 0.29) is 31.3 Å². The van der Waals surface area contributed by atoms with Gasteiger partial charge in [0.05, 0.1) is 24.7 Å². The largest absolute Gasteiger partial charge is 0.459 e. The molecule has 2 heterocycles. The van der Waals surface area contributed by atoms with Gasteiger partial charge in [0.25, 0.3) is 0 Å². The van der Waals surface area contributed by atoms with E-state index in [1.807, 2.05) is 0 Å². The third-order valence-corrected chi connectivity index (χ3v) is 7.17. The van der Waals surface area contributed by atoms with Crippen LogP contribution in [0.2, 0.25) is 5.02 Å². The lowest BCUT2D eigenvalue weighted by atomic mass is 10.2. The van der Waals surface area contributed by atoms with Crippen LogP contribution in [0.15, 0.2) is 47.1 Å². The van der Waals surface area contributed by atoms with E-state index >= 15 is 0 Å². The number of carbonyl (C=O) groups is 1. The summed E-state index contributed by atoms with van der Waals surface area (Å²) in [7, 11) is -3.88. The highest BCUT2D eigenvalue weighted by atomic mass is 35.5. The third kappa shape index (κ3) is 7.61. The second-order valence-electron chi connectivity index (χ2n) is 8.58. The van der Waals surface area contributed by atoms with Gasteiger partial charge in [-0.05, 0) is 65.0 Å². The molecule has 0 radical (unpaired) electrons. The summed E-state index contributed by atoms with van der Waals surface area (Å²) in [6.07, 6.45) is 1.31. The lowest BCUT2D eigenvalue weighted by Gasteiger charge is -2.27. The summed E-state index contributed by atoms with van der Waals surface area (Å²) < 4.78 is 40.8. The van der Waals surface area contributed by atoms with Gasteiger partial charge in [0.2, 0.25) is 17.6 Å². The smallest absolute Gasteiger partial charge is 0.345 e. The van der Waals surface area contributed by atoms with E-state index in [0.29, 0.717) is 22.2 Å². The molecule has 1 aromatic carbocycles. The Morgan fingerprint density at radius 1 is 1.08 bits per heavy atom. The van der Waals surface area contributed by atoms with Crippen molar-refractivity contribution in [2.45, 2.75) is 52.3 Å². The van der Waals surface area contributed by atoms with Crippen molar-refractivity contribution >= 4 is 25.2 Å². The number of aromatic nitrogens is 3. The molecule has 2 aromatic heterocycles. The molecule has 0 amide bonds. The summed E-state index contributed by atoms with van der Waals surface area (Å²) in [5, 5.41) is 4.51. The number of pyridine rings is 1. The van der Waals surface area contributed by atoms with E-state index in [1.165, 1.54) is 6.20 Å². The van der Waals surface area contributed by atoms with Crippen molar-refractivity contribution in [1.82, 2.24) is 15.1 Å². The summed E-state index contributed by atoms with van der Waals surface area (Å²) in [6.45, 7) is 8.66. The van der Waals surface area contributed by atoms with E-state index in [9.17, 15) is 9.36 Å². The van der Waals surface area contributed by atoms with Crippen molar-refractivity contribution in [2.24, 2.45) is 0 Å². The topological polar surface area (TPSA) is 123 Å². The molecule has 0 fully saturated rings. The van der Waals surface area contributed by atoms with E-state index in [1.54, 1.807) is 71.0 Å². The minimum absolute atomic E-state index is 0.0889. The molecule has 12 heteroatoms. The van der Waals surface area contributed by atoms with Crippen molar-refractivity contribution < 1.29 is 32.4 Å². The Kier molecular flexibility index (Phi) is 9.24. The van der Waals surface area contributed by atoms with E-state index in [4.69, 9.17) is 34.6 Å². The van der Waals surface area contributed by atoms with Gasteiger partial charge < -0.3 is 23.0 Å². The fourth-order valence-corrected chi connectivity index (χ4v) is 5.06. The lowest BCUT2D eigenvalue weighted by Crippen LogP contribution is -2.34. The first-order chi connectivity index (χ1) is 17.0. The number of carbonyl (C=O) groups excluding carboxylic acids is 1. The Labute approximate surface area is 214 Å². The molecule has 0 aliphatic rings. The molecule has 0 aliphatic heterocycles. The number of halogens is 1.